The number of hydrogen-bond donors (Lipinski definition) is 2. The van der Waals surface area contributed by atoms with Gasteiger partial charge in [0.15, 0.2) is 0 Å². The zero-order chi connectivity index (χ0) is 12.2. The Morgan fingerprint density at radius 2 is 2.44 bits per heavy atom. The van der Waals surface area contributed by atoms with Crippen LogP contribution in [0.5, 0.6) is 0 Å². The van der Waals surface area contributed by atoms with E-state index in [1.54, 1.807) is 18.6 Å². The van der Waals surface area contributed by atoms with Crippen molar-refractivity contribution in [2.75, 3.05) is 0 Å². The molecule has 0 aliphatic carbocycles. The van der Waals surface area contributed by atoms with Gasteiger partial charge in [0.05, 0.1) is 22.5 Å². The van der Waals surface area contributed by atoms with Gasteiger partial charge in [-0.1, -0.05) is 19.1 Å². The second-order valence-electron chi connectivity index (χ2n) is 3.70. The van der Waals surface area contributed by atoms with Gasteiger partial charge in [-0.2, -0.15) is 0 Å². The van der Waals surface area contributed by atoms with E-state index in [9.17, 15) is 4.79 Å². The summed E-state index contributed by atoms with van der Waals surface area (Å²) in [6.07, 6.45) is 2.33. The summed E-state index contributed by atoms with van der Waals surface area (Å²) in [7, 11) is 0. The molecule has 0 spiro atoms. The Hall–Kier alpha value is -1.01. The van der Waals surface area contributed by atoms with Gasteiger partial charge >= 0.3 is 0 Å². The van der Waals surface area contributed by atoms with E-state index in [4.69, 9.17) is 18.0 Å². The molecule has 6 heteroatoms. The summed E-state index contributed by atoms with van der Waals surface area (Å²) in [6, 6.07) is 0. The number of thiazole rings is 1. The molecular weight excluding hydrogens is 242 g/mol. The topological polar surface area (TPSA) is 68.0 Å². The Kier molecular flexibility index (Phi) is 4.37. The van der Waals surface area contributed by atoms with Crippen molar-refractivity contribution in [1.82, 2.24) is 10.3 Å². The third-order valence-corrected chi connectivity index (χ3v) is 3.89. The minimum Gasteiger partial charge on any atom is -0.392 e. The lowest BCUT2D eigenvalue weighted by Gasteiger charge is -2.25. The number of nitrogens with two attached hydrogens (primary N) is 1. The zero-order valence-corrected chi connectivity index (χ0v) is 11.0. The Morgan fingerprint density at radius 1 is 1.75 bits per heavy atom. The van der Waals surface area contributed by atoms with Crippen molar-refractivity contribution in [2.45, 2.75) is 26.8 Å². The predicted octanol–water partition coefficient (Wildman–Crippen LogP) is 1.46. The van der Waals surface area contributed by atoms with Gasteiger partial charge in [0.2, 0.25) is 5.91 Å². The van der Waals surface area contributed by atoms with Crippen LogP contribution in [0, 0.1) is 5.41 Å². The molecule has 0 aliphatic heterocycles. The van der Waals surface area contributed by atoms with Crippen LogP contribution in [-0.2, 0) is 11.3 Å². The fraction of sp³-hybridized carbons (Fsp3) is 0.500. The van der Waals surface area contributed by atoms with Gasteiger partial charge in [-0.15, -0.1) is 11.3 Å². The number of amides is 1. The highest BCUT2D eigenvalue weighted by Gasteiger charge is 2.34. The van der Waals surface area contributed by atoms with Gasteiger partial charge in [0.1, 0.15) is 0 Å². The normalized spacial score (nSPS) is 14.1. The molecule has 1 rings (SSSR count). The van der Waals surface area contributed by atoms with Gasteiger partial charge in [-0.3, -0.25) is 9.78 Å². The van der Waals surface area contributed by atoms with E-state index in [1.165, 1.54) is 11.3 Å². The monoisotopic (exact) mass is 257 g/mol. The number of carbonyl (C=O) groups is 1. The summed E-state index contributed by atoms with van der Waals surface area (Å²) in [5.74, 6) is -0.129. The maximum atomic E-state index is 11.9. The molecule has 0 saturated carbocycles. The molecule has 88 valence electrons. The minimum absolute atomic E-state index is 0.129. The SMILES string of the molecule is CCC(C)(C(=O)NCc1cncs1)C(N)=S. The Morgan fingerprint density at radius 3 is 2.88 bits per heavy atom. The van der Waals surface area contributed by atoms with Gasteiger partial charge in [-0.25, -0.2) is 0 Å². The van der Waals surface area contributed by atoms with Crippen LogP contribution in [-0.4, -0.2) is 15.9 Å². The highest BCUT2D eigenvalue weighted by Crippen LogP contribution is 2.22. The van der Waals surface area contributed by atoms with Crippen molar-refractivity contribution < 1.29 is 4.79 Å². The number of aromatic nitrogens is 1. The van der Waals surface area contributed by atoms with Crippen molar-refractivity contribution in [1.29, 1.82) is 0 Å². The molecule has 0 radical (unpaired) electrons. The average molecular weight is 257 g/mol. The van der Waals surface area contributed by atoms with E-state index < -0.39 is 5.41 Å². The third kappa shape index (κ3) is 2.76. The molecule has 0 aliphatic rings. The van der Waals surface area contributed by atoms with Crippen LogP contribution >= 0.6 is 23.6 Å². The summed E-state index contributed by atoms with van der Waals surface area (Å²) < 4.78 is 0. The number of carbonyl (C=O) groups excluding carboxylic acids is 1. The van der Waals surface area contributed by atoms with Crippen LogP contribution in [0.1, 0.15) is 25.1 Å². The quantitative estimate of drug-likeness (QED) is 0.784. The van der Waals surface area contributed by atoms with Gasteiger partial charge in [-0.05, 0) is 13.3 Å². The van der Waals surface area contributed by atoms with Crippen LogP contribution in [0.15, 0.2) is 11.7 Å². The van der Waals surface area contributed by atoms with E-state index in [1.807, 2.05) is 6.92 Å². The second kappa shape index (κ2) is 5.36. The molecule has 0 bridgehead atoms. The van der Waals surface area contributed by atoms with Crippen LogP contribution in [0.2, 0.25) is 0 Å². The van der Waals surface area contributed by atoms with E-state index in [2.05, 4.69) is 10.3 Å². The second-order valence-corrected chi connectivity index (χ2v) is 5.11. The lowest BCUT2D eigenvalue weighted by Crippen LogP contribution is -2.46. The van der Waals surface area contributed by atoms with Crippen molar-refractivity contribution in [3.63, 3.8) is 0 Å². The maximum Gasteiger partial charge on any atom is 0.233 e. The number of nitrogens with one attached hydrogen (secondary N) is 1. The molecule has 1 atom stereocenters. The molecule has 1 aromatic heterocycles. The first-order valence-electron chi connectivity index (χ1n) is 4.96. The molecule has 0 saturated heterocycles. The van der Waals surface area contributed by atoms with E-state index in [0.717, 1.165) is 4.88 Å². The maximum absolute atomic E-state index is 11.9. The molecule has 3 N–H and O–H groups in total. The Bertz CT molecular complexity index is 377. The van der Waals surface area contributed by atoms with Crippen molar-refractivity contribution in [2.24, 2.45) is 11.1 Å². The first kappa shape index (κ1) is 13.1. The smallest absolute Gasteiger partial charge is 0.233 e. The fourth-order valence-corrected chi connectivity index (χ4v) is 1.91. The summed E-state index contributed by atoms with van der Waals surface area (Å²) in [5, 5.41) is 2.82. The number of nitrogens with zero attached hydrogens (tertiary/aromatic N) is 1. The molecule has 4 nitrogen and oxygen atoms in total. The highest BCUT2D eigenvalue weighted by atomic mass is 32.1. The summed E-state index contributed by atoms with van der Waals surface area (Å²) in [6.45, 7) is 4.13. The van der Waals surface area contributed by atoms with Crippen LogP contribution in [0.4, 0.5) is 0 Å². The predicted molar refractivity (Wildman–Crippen MR) is 69.1 cm³/mol. The number of thiocarbonyl (C=S) groups is 1. The summed E-state index contributed by atoms with van der Waals surface area (Å²) in [5.41, 5.74) is 6.56. The minimum atomic E-state index is -0.764. The first-order valence-corrected chi connectivity index (χ1v) is 6.25. The molecule has 1 aromatic rings. The van der Waals surface area contributed by atoms with E-state index in [0.29, 0.717) is 13.0 Å². The van der Waals surface area contributed by atoms with Gasteiger partial charge in [0, 0.05) is 11.1 Å². The van der Waals surface area contributed by atoms with Crippen LogP contribution < -0.4 is 11.1 Å². The molecular formula is C10H15N3OS2. The standard InChI is InChI=1S/C10H15N3OS2/c1-3-10(2,8(11)15)9(14)13-5-7-4-12-6-16-7/h4,6H,3,5H2,1-2H3,(H2,11,15)(H,13,14). The summed E-state index contributed by atoms with van der Waals surface area (Å²) in [4.78, 5) is 17.1. The average Bonchev–Trinajstić information content (AvgIpc) is 2.77. The molecule has 1 amide bonds. The Labute approximate surface area is 104 Å². The number of hydrogen-bond acceptors (Lipinski definition) is 4. The molecule has 0 fully saturated rings. The van der Waals surface area contributed by atoms with E-state index in [-0.39, 0.29) is 10.9 Å². The summed E-state index contributed by atoms with van der Waals surface area (Å²) >= 11 is 6.43. The van der Waals surface area contributed by atoms with Crippen molar-refractivity contribution >= 4 is 34.5 Å². The lowest BCUT2D eigenvalue weighted by atomic mass is 9.86. The van der Waals surface area contributed by atoms with Gasteiger partial charge < -0.3 is 11.1 Å². The Balaban J connectivity index is 2.60. The first-order chi connectivity index (χ1) is 7.50. The fourth-order valence-electron chi connectivity index (χ4n) is 1.14. The van der Waals surface area contributed by atoms with Crippen molar-refractivity contribution in [3.8, 4) is 0 Å². The van der Waals surface area contributed by atoms with Crippen LogP contribution in [0.3, 0.4) is 0 Å². The van der Waals surface area contributed by atoms with Gasteiger partial charge in [0.25, 0.3) is 0 Å². The lowest BCUT2D eigenvalue weighted by molar-refractivity contribution is -0.127. The highest BCUT2D eigenvalue weighted by molar-refractivity contribution is 7.80. The molecule has 16 heavy (non-hydrogen) atoms. The zero-order valence-electron chi connectivity index (χ0n) is 9.32. The molecule has 0 aromatic carbocycles. The largest absolute Gasteiger partial charge is 0.392 e. The number of rotatable bonds is 5. The van der Waals surface area contributed by atoms with Crippen LogP contribution in [0.25, 0.3) is 0 Å². The van der Waals surface area contributed by atoms with Crippen molar-refractivity contribution in [3.05, 3.63) is 16.6 Å². The molecule has 1 heterocycles. The molecule has 1 unspecified atom stereocenters. The third-order valence-electron chi connectivity index (χ3n) is 2.66. The van der Waals surface area contributed by atoms with E-state index >= 15 is 0 Å².